The number of benzene rings is 1. The molecule has 1 rings (SSSR count). The van der Waals surface area contributed by atoms with Gasteiger partial charge in [0, 0.05) is 25.8 Å². The Morgan fingerprint density at radius 2 is 1.56 bits per heavy atom. The van der Waals surface area contributed by atoms with Crippen LogP contribution in [-0.2, 0) is 25.8 Å². The molecule has 0 aliphatic heterocycles. The van der Waals surface area contributed by atoms with Gasteiger partial charge in [0.25, 0.3) is 0 Å². The molecule has 9 heavy (non-hydrogen) atoms. The largest absolute Gasteiger partial charge is 1.00 e. The van der Waals surface area contributed by atoms with E-state index in [9.17, 15) is 0 Å². The summed E-state index contributed by atoms with van der Waals surface area (Å²) >= 11 is 0. The van der Waals surface area contributed by atoms with E-state index in [2.05, 4.69) is 19.1 Å². The zero-order valence-corrected chi connectivity index (χ0v) is 9.77. The second-order valence-electron chi connectivity index (χ2n) is 1.65. The van der Waals surface area contributed by atoms with Crippen LogP contribution in [0.25, 0.3) is 0 Å². The minimum atomic E-state index is 0. The molecule has 0 fully saturated rings. The van der Waals surface area contributed by atoms with Gasteiger partial charge >= 0.3 is 29.6 Å². The Kier molecular flexibility index (Phi) is 10.2. The van der Waals surface area contributed by atoms with Crippen LogP contribution in [0, 0.1) is 6.92 Å². The van der Waals surface area contributed by atoms with Crippen molar-refractivity contribution in [1.29, 1.82) is 0 Å². The molecule has 41 valence electrons. The van der Waals surface area contributed by atoms with Crippen LogP contribution in [0.15, 0.2) is 30.3 Å². The molecule has 0 bridgehead atoms. The Balaban J connectivity index is -0.000000163. The maximum atomic E-state index is 2.08. The average Bonchev–Trinajstić information content (AvgIpc) is 1.69. The summed E-state index contributed by atoms with van der Waals surface area (Å²) < 4.78 is 0. The summed E-state index contributed by atoms with van der Waals surface area (Å²) in [6.07, 6.45) is 0. The van der Waals surface area contributed by atoms with Gasteiger partial charge in [0.05, 0.1) is 0 Å². The molecule has 0 nitrogen and oxygen atoms in total. The van der Waals surface area contributed by atoms with E-state index in [1.807, 2.05) is 18.2 Å². The molecule has 0 heterocycles. The van der Waals surface area contributed by atoms with Gasteiger partial charge in [-0.1, -0.05) is 35.9 Å². The number of rotatable bonds is 0. The third-order valence-electron chi connectivity index (χ3n) is 0.940. The topological polar surface area (TPSA) is 0 Å². The van der Waals surface area contributed by atoms with Crippen LogP contribution < -0.4 is 29.6 Å². The van der Waals surface area contributed by atoms with E-state index in [4.69, 9.17) is 0 Å². The Hall–Kier alpha value is 1.09. The smallest absolute Gasteiger partial charge is 1.00 e. The summed E-state index contributed by atoms with van der Waals surface area (Å²) in [6.45, 7) is 2.08. The molecule has 1 aromatic carbocycles. The van der Waals surface area contributed by atoms with Crippen LogP contribution in [0.3, 0.4) is 0 Å². The Morgan fingerprint density at radius 1 is 1.11 bits per heavy atom. The van der Waals surface area contributed by atoms with Crippen molar-refractivity contribution in [3.8, 4) is 0 Å². The van der Waals surface area contributed by atoms with Crippen LogP contribution in [0.2, 0.25) is 0 Å². The van der Waals surface area contributed by atoms with Crippen molar-refractivity contribution in [2.75, 3.05) is 0 Å². The predicted octanol–water partition coefficient (Wildman–Crippen LogP) is -0.891. The number of aryl methyl sites for hydroxylation is 1. The SMILES string of the molecule is Cc1ccccc1.[H-].[Na+].[Sc]. The molecule has 0 saturated carbocycles. The van der Waals surface area contributed by atoms with Gasteiger partial charge in [0.15, 0.2) is 0 Å². The van der Waals surface area contributed by atoms with Crippen molar-refractivity contribution in [2.45, 2.75) is 6.92 Å². The van der Waals surface area contributed by atoms with Crippen LogP contribution in [-0.4, -0.2) is 0 Å². The second kappa shape index (κ2) is 7.20. The van der Waals surface area contributed by atoms with Gasteiger partial charge in [0.2, 0.25) is 0 Å². The molecule has 1 radical (unpaired) electrons. The predicted molar refractivity (Wildman–Crippen MR) is 32.3 cm³/mol. The van der Waals surface area contributed by atoms with Crippen molar-refractivity contribution >= 4 is 0 Å². The molecule has 0 N–H and O–H groups in total. The summed E-state index contributed by atoms with van der Waals surface area (Å²) in [5.74, 6) is 0. The molecule has 0 spiro atoms. The van der Waals surface area contributed by atoms with Gasteiger partial charge in [-0.2, -0.15) is 0 Å². The number of hydrogen-bond acceptors (Lipinski definition) is 0. The summed E-state index contributed by atoms with van der Waals surface area (Å²) in [4.78, 5) is 0. The first-order valence-electron chi connectivity index (χ1n) is 2.41. The maximum Gasteiger partial charge on any atom is 1.00 e. The summed E-state index contributed by atoms with van der Waals surface area (Å²) in [5, 5.41) is 0. The second-order valence-corrected chi connectivity index (χ2v) is 1.65. The van der Waals surface area contributed by atoms with Crippen LogP contribution in [0.4, 0.5) is 0 Å². The molecule has 0 aliphatic carbocycles. The minimum absolute atomic E-state index is 0. The molecular formula is C7H9NaSc. The minimum Gasteiger partial charge on any atom is -1.00 e. The van der Waals surface area contributed by atoms with Crippen molar-refractivity contribution in [1.82, 2.24) is 0 Å². The first-order valence-corrected chi connectivity index (χ1v) is 2.41. The van der Waals surface area contributed by atoms with E-state index in [1.54, 1.807) is 0 Å². The third-order valence-corrected chi connectivity index (χ3v) is 0.940. The zero-order valence-electron chi connectivity index (χ0n) is 6.96. The normalized spacial score (nSPS) is 6.78. The van der Waals surface area contributed by atoms with Crippen LogP contribution in [0.1, 0.15) is 6.99 Å². The van der Waals surface area contributed by atoms with Gasteiger partial charge in [-0.05, 0) is 6.92 Å². The van der Waals surface area contributed by atoms with Gasteiger partial charge < -0.3 is 1.43 Å². The number of hydrogen-bond donors (Lipinski definition) is 0. The summed E-state index contributed by atoms with van der Waals surface area (Å²) in [6, 6.07) is 10.3. The molecule has 2 heteroatoms. The summed E-state index contributed by atoms with van der Waals surface area (Å²) in [5.41, 5.74) is 1.32. The quantitative estimate of drug-likeness (QED) is 0.433. The molecule has 0 atom stereocenters. The van der Waals surface area contributed by atoms with Gasteiger partial charge in [-0.3, -0.25) is 0 Å². The molecule has 0 saturated heterocycles. The molecular weight excluding hydrogens is 152 g/mol. The Labute approximate surface area is 98.6 Å². The molecule has 1 aromatic rings. The van der Waals surface area contributed by atoms with Crippen LogP contribution in [0.5, 0.6) is 0 Å². The zero-order chi connectivity index (χ0) is 5.11. The summed E-state index contributed by atoms with van der Waals surface area (Å²) in [7, 11) is 0. The van der Waals surface area contributed by atoms with E-state index in [-0.39, 0.29) is 56.8 Å². The van der Waals surface area contributed by atoms with Crippen LogP contribution >= 0.6 is 0 Å². The average molecular weight is 161 g/mol. The van der Waals surface area contributed by atoms with Gasteiger partial charge in [-0.15, -0.1) is 0 Å². The Bertz CT molecular complexity index is 144. The van der Waals surface area contributed by atoms with E-state index in [0.29, 0.717) is 0 Å². The van der Waals surface area contributed by atoms with E-state index in [1.165, 1.54) is 5.56 Å². The Morgan fingerprint density at radius 3 is 1.78 bits per heavy atom. The monoisotopic (exact) mass is 161 g/mol. The van der Waals surface area contributed by atoms with E-state index >= 15 is 0 Å². The van der Waals surface area contributed by atoms with Gasteiger partial charge in [-0.25, -0.2) is 0 Å². The first-order chi connectivity index (χ1) is 3.39. The fourth-order valence-electron chi connectivity index (χ4n) is 0.534. The van der Waals surface area contributed by atoms with E-state index < -0.39 is 0 Å². The maximum absolute atomic E-state index is 2.08. The van der Waals surface area contributed by atoms with Crippen molar-refractivity contribution in [2.24, 2.45) is 0 Å². The fourth-order valence-corrected chi connectivity index (χ4v) is 0.534. The molecule has 0 unspecified atom stereocenters. The van der Waals surface area contributed by atoms with Crippen molar-refractivity contribution < 1.29 is 56.8 Å². The van der Waals surface area contributed by atoms with E-state index in [0.717, 1.165) is 0 Å². The van der Waals surface area contributed by atoms with Crippen molar-refractivity contribution in [3.63, 3.8) is 0 Å². The first kappa shape index (κ1) is 12.7. The molecule has 0 aliphatic rings. The van der Waals surface area contributed by atoms with Crippen molar-refractivity contribution in [3.05, 3.63) is 35.9 Å². The standard InChI is InChI=1S/C7H8.Na.Sc.H/c1-7-5-3-2-4-6-7;;;/h2-6H,1H3;;;/q;+1;;-1. The third kappa shape index (κ3) is 5.53. The molecule has 0 aromatic heterocycles. The van der Waals surface area contributed by atoms with Gasteiger partial charge in [0.1, 0.15) is 0 Å². The molecule has 0 amide bonds. The fraction of sp³-hybridized carbons (Fsp3) is 0.143.